The molecule has 0 saturated heterocycles. The van der Waals surface area contributed by atoms with Gasteiger partial charge in [-0.3, -0.25) is 0 Å². The molecule has 21 heavy (non-hydrogen) atoms. The SMILES string of the molecule is CCOC(=O)c1cccn1CC(O)CNc1ccccc1. The van der Waals surface area contributed by atoms with Gasteiger partial charge in [-0.05, 0) is 31.2 Å². The Kier molecular flexibility index (Phi) is 5.40. The standard InChI is InChI=1S/C16H20N2O3/c1-2-21-16(20)15-9-6-10-18(15)12-14(19)11-17-13-7-4-3-5-8-13/h3-10,14,17,19H,2,11-12H2,1H3. The molecule has 5 heteroatoms. The number of ether oxygens (including phenoxy) is 1. The van der Waals surface area contributed by atoms with Crippen LogP contribution in [0.1, 0.15) is 17.4 Å². The molecule has 1 unspecified atom stereocenters. The molecule has 0 fully saturated rings. The van der Waals surface area contributed by atoms with Crippen molar-refractivity contribution in [1.29, 1.82) is 0 Å². The van der Waals surface area contributed by atoms with Gasteiger partial charge in [0.2, 0.25) is 0 Å². The van der Waals surface area contributed by atoms with Crippen LogP contribution in [0.5, 0.6) is 0 Å². The molecule has 0 saturated carbocycles. The van der Waals surface area contributed by atoms with Crippen molar-refractivity contribution in [2.45, 2.75) is 19.6 Å². The number of aliphatic hydroxyl groups excluding tert-OH is 1. The first-order chi connectivity index (χ1) is 10.2. The second kappa shape index (κ2) is 7.50. The normalized spacial score (nSPS) is 11.9. The van der Waals surface area contributed by atoms with E-state index in [9.17, 15) is 9.90 Å². The van der Waals surface area contributed by atoms with Gasteiger partial charge in [0.15, 0.2) is 0 Å². The van der Waals surface area contributed by atoms with Crippen LogP contribution in [0.2, 0.25) is 0 Å². The number of esters is 1. The van der Waals surface area contributed by atoms with Crippen LogP contribution in [-0.2, 0) is 11.3 Å². The number of aliphatic hydroxyl groups is 1. The van der Waals surface area contributed by atoms with E-state index in [1.165, 1.54) is 0 Å². The van der Waals surface area contributed by atoms with E-state index in [0.717, 1.165) is 5.69 Å². The summed E-state index contributed by atoms with van der Waals surface area (Å²) in [5, 5.41) is 13.2. The minimum atomic E-state index is -0.606. The molecule has 1 atom stereocenters. The zero-order valence-electron chi connectivity index (χ0n) is 12.0. The first kappa shape index (κ1) is 15.1. The van der Waals surface area contributed by atoms with Crippen LogP contribution in [0.25, 0.3) is 0 Å². The maximum atomic E-state index is 11.7. The van der Waals surface area contributed by atoms with E-state index in [0.29, 0.717) is 25.4 Å². The molecule has 2 N–H and O–H groups in total. The Labute approximate surface area is 124 Å². The lowest BCUT2D eigenvalue weighted by Gasteiger charge is -2.15. The lowest BCUT2D eigenvalue weighted by Crippen LogP contribution is -2.26. The highest BCUT2D eigenvalue weighted by Crippen LogP contribution is 2.08. The summed E-state index contributed by atoms with van der Waals surface area (Å²) < 4.78 is 6.68. The molecule has 0 bridgehead atoms. The van der Waals surface area contributed by atoms with Gasteiger partial charge < -0.3 is 19.7 Å². The van der Waals surface area contributed by atoms with Crippen LogP contribution < -0.4 is 5.32 Å². The molecule has 5 nitrogen and oxygen atoms in total. The predicted octanol–water partition coefficient (Wildman–Crippen LogP) is 2.14. The Morgan fingerprint density at radius 1 is 1.29 bits per heavy atom. The zero-order chi connectivity index (χ0) is 15.1. The summed E-state index contributed by atoms with van der Waals surface area (Å²) in [5.41, 5.74) is 1.41. The van der Waals surface area contributed by atoms with E-state index >= 15 is 0 Å². The largest absolute Gasteiger partial charge is 0.461 e. The fourth-order valence-electron chi connectivity index (χ4n) is 2.05. The number of nitrogens with one attached hydrogen (secondary N) is 1. The highest BCUT2D eigenvalue weighted by Gasteiger charge is 2.14. The van der Waals surface area contributed by atoms with Gasteiger partial charge in [0.25, 0.3) is 0 Å². The molecule has 2 aromatic rings. The highest BCUT2D eigenvalue weighted by molar-refractivity contribution is 5.87. The Morgan fingerprint density at radius 2 is 2.05 bits per heavy atom. The number of nitrogens with zero attached hydrogens (tertiary/aromatic N) is 1. The number of carbonyl (C=O) groups is 1. The van der Waals surface area contributed by atoms with Crippen molar-refractivity contribution in [2.24, 2.45) is 0 Å². The minimum Gasteiger partial charge on any atom is -0.461 e. The lowest BCUT2D eigenvalue weighted by molar-refractivity contribution is 0.0510. The van der Waals surface area contributed by atoms with Gasteiger partial charge in [-0.15, -0.1) is 0 Å². The molecular formula is C16H20N2O3. The van der Waals surface area contributed by atoms with E-state index < -0.39 is 6.10 Å². The lowest BCUT2D eigenvalue weighted by atomic mass is 10.3. The van der Waals surface area contributed by atoms with Gasteiger partial charge in [0, 0.05) is 18.4 Å². The van der Waals surface area contributed by atoms with Gasteiger partial charge in [-0.25, -0.2) is 4.79 Å². The molecule has 0 aliphatic carbocycles. The molecular weight excluding hydrogens is 268 g/mol. The Morgan fingerprint density at radius 3 is 2.76 bits per heavy atom. The van der Waals surface area contributed by atoms with Gasteiger partial charge in [-0.2, -0.15) is 0 Å². The summed E-state index contributed by atoms with van der Waals surface area (Å²) in [6, 6.07) is 13.1. The van der Waals surface area contributed by atoms with Crippen LogP contribution >= 0.6 is 0 Å². The van der Waals surface area contributed by atoms with Crippen molar-refractivity contribution < 1.29 is 14.6 Å². The predicted molar refractivity (Wildman–Crippen MR) is 81.3 cm³/mol. The number of hydrogen-bond donors (Lipinski definition) is 2. The smallest absolute Gasteiger partial charge is 0.354 e. The van der Waals surface area contributed by atoms with Crippen molar-refractivity contribution in [2.75, 3.05) is 18.5 Å². The molecule has 0 aliphatic heterocycles. The number of anilines is 1. The maximum absolute atomic E-state index is 11.7. The van der Waals surface area contributed by atoms with Gasteiger partial charge >= 0.3 is 5.97 Å². The zero-order valence-corrected chi connectivity index (χ0v) is 12.0. The first-order valence-corrected chi connectivity index (χ1v) is 7.00. The number of para-hydroxylation sites is 1. The van der Waals surface area contributed by atoms with E-state index in [1.807, 2.05) is 30.3 Å². The molecule has 0 radical (unpaired) electrons. The van der Waals surface area contributed by atoms with Crippen LogP contribution in [0.4, 0.5) is 5.69 Å². The van der Waals surface area contributed by atoms with E-state index in [1.54, 1.807) is 29.8 Å². The molecule has 112 valence electrons. The van der Waals surface area contributed by atoms with E-state index in [2.05, 4.69) is 5.32 Å². The summed E-state index contributed by atoms with van der Waals surface area (Å²) in [4.78, 5) is 11.7. The van der Waals surface area contributed by atoms with E-state index in [-0.39, 0.29) is 5.97 Å². The third kappa shape index (κ3) is 4.36. The minimum absolute atomic E-state index is 0.334. The van der Waals surface area contributed by atoms with Crippen LogP contribution in [0, 0.1) is 0 Å². The number of benzene rings is 1. The number of rotatable bonds is 7. The van der Waals surface area contributed by atoms with Gasteiger partial charge in [-0.1, -0.05) is 18.2 Å². The van der Waals surface area contributed by atoms with Crippen molar-refractivity contribution in [3.63, 3.8) is 0 Å². The van der Waals surface area contributed by atoms with Crippen LogP contribution in [0.3, 0.4) is 0 Å². The van der Waals surface area contributed by atoms with E-state index in [4.69, 9.17) is 4.74 Å². The third-order valence-electron chi connectivity index (χ3n) is 3.04. The third-order valence-corrected chi connectivity index (χ3v) is 3.04. The van der Waals surface area contributed by atoms with Crippen molar-refractivity contribution in [3.05, 3.63) is 54.4 Å². The Balaban J connectivity index is 1.89. The number of hydrogen-bond acceptors (Lipinski definition) is 4. The average molecular weight is 288 g/mol. The summed E-state index contributed by atoms with van der Waals surface area (Å²) in [6.45, 7) is 2.84. The molecule has 0 spiro atoms. The fourth-order valence-corrected chi connectivity index (χ4v) is 2.05. The van der Waals surface area contributed by atoms with Crippen LogP contribution in [0.15, 0.2) is 48.7 Å². The van der Waals surface area contributed by atoms with Crippen molar-refractivity contribution >= 4 is 11.7 Å². The summed E-state index contributed by atoms with van der Waals surface area (Å²) in [5.74, 6) is -0.370. The first-order valence-electron chi connectivity index (χ1n) is 7.00. The van der Waals surface area contributed by atoms with Gasteiger partial charge in [0.05, 0.1) is 19.3 Å². The van der Waals surface area contributed by atoms with Crippen LogP contribution in [-0.4, -0.2) is 34.9 Å². The molecule has 1 aromatic heterocycles. The molecule has 1 aromatic carbocycles. The monoisotopic (exact) mass is 288 g/mol. The van der Waals surface area contributed by atoms with Crippen molar-refractivity contribution in [3.8, 4) is 0 Å². The average Bonchev–Trinajstić information content (AvgIpc) is 2.95. The second-order valence-corrected chi connectivity index (χ2v) is 4.67. The molecule has 2 rings (SSSR count). The molecule has 0 aliphatic rings. The topological polar surface area (TPSA) is 63.5 Å². The Hall–Kier alpha value is -2.27. The number of aromatic nitrogens is 1. The summed E-state index contributed by atoms with van der Waals surface area (Å²) in [6.07, 6.45) is 1.16. The molecule has 1 heterocycles. The quantitative estimate of drug-likeness (QED) is 0.766. The number of carbonyl (C=O) groups excluding carboxylic acids is 1. The summed E-state index contributed by atoms with van der Waals surface area (Å²) >= 11 is 0. The highest BCUT2D eigenvalue weighted by atomic mass is 16.5. The summed E-state index contributed by atoms with van der Waals surface area (Å²) in [7, 11) is 0. The van der Waals surface area contributed by atoms with Gasteiger partial charge in [0.1, 0.15) is 5.69 Å². The van der Waals surface area contributed by atoms with Crippen molar-refractivity contribution in [1.82, 2.24) is 4.57 Å². The maximum Gasteiger partial charge on any atom is 0.354 e. The Bertz CT molecular complexity index is 566. The second-order valence-electron chi connectivity index (χ2n) is 4.67. The fraction of sp³-hybridized carbons (Fsp3) is 0.312. The molecule has 0 amide bonds.